The second-order valence-electron chi connectivity index (χ2n) is 8.93. The third-order valence-corrected chi connectivity index (χ3v) is 5.68. The lowest BCUT2D eigenvalue weighted by Gasteiger charge is -2.39. The van der Waals surface area contributed by atoms with Crippen molar-refractivity contribution in [2.45, 2.75) is 65.6 Å². The molecule has 2 aromatic rings. The van der Waals surface area contributed by atoms with Gasteiger partial charge in [-0.3, -0.25) is 9.59 Å². The molecule has 0 bridgehead atoms. The minimum Gasteiger partial charge on any atom is -0.481 e. The molecule has 1 aliphatic rings. The first kappa shape index (κ1) is 23.8. The summed E-state index contributed by atoms with van der Waals surface area (Å²) in [5, 5.41) is 2.90. The van der Waals surface area contributed by atoms with Crippen LogP contribution in [0.2, 0.25) is 0 Å². The largest absolute Gasteiger partial charge is 0.481 e. The Hall–Kier alpha value is -2.89. The van der Waals surface area contributed by atoms with Crippen molar-refractivity contribution < 1.29 is 18.7 Å². The molecule has 0 unspecified atom stereocenters. The zero-order chi connectivity index (χ0) is 23.4. The average Bonchev–Trinajstić information content (AvgIpc) is 2.76. The summed E-state index contributed by atoms with van der Waals surface area (Å²) in [6.45, 7) is 10.1. The smallest absolute Gasteiger partial charge is 0.261 e. The Bertz CT molecular complexity index is 956. The van der Waals surface area contributed by atoms with E-state index < -0.39 is 6.10 Å². The van der Waals surface area contributed by atoms with Gasteiger partial charge in [0, 0.05) is 18.5 Å². The lowest BCUT2D eigenvalue weighted by molar-refractivity contribution is -0.136. The van der Waals surface area contributed by atoms with Crippen molar-refractivity contribution in [1.82, 2.24) is 10.2 Å². The molecule has 5 nitrogen and oxygen atoms in total. The van der Waals surface area contributed by atoms with Crippen molar-refractivity contribution >= 4 is 11.8 Å². The van der Waals surface area contributed by atoms with E-state index in [-0.39, 0.29) is 35.6 Å². The van der Waals surface area contributed by atoms with Gasteiger partial charge >= 0.3 is 0 Å². The molecule has 2 amide bonds. The first-order chi connectivity index (χ1) is 15.2. The normalized spacial score (nSPS) is 16.6. The van der Waals surface area contributed by atoms with Crippen LogP contribution in [0.4, 0.5) is 4.39 Å². The minimum absolute atomic E-state index is 0.0298. The Kier molecular flexibility index (Phi) is 7.54. The van der Waals surface area contributed by atoms with Crippen LogP contribution in [0.5, 0.6) is 5.75 Å². The predicted molar refractivity (Wildman–Crippen MR) is 123 cm³/mol. The molecule has 1 heterocycles. The molecule has 0 fully saturated rings. The molecule has 0 aliphatic carbocycles. The molecule has 3 rings (SSSR count). The monoisotopic (exact) mass is 440 g/mol. The van der Waals surface area contributed by atoms with E-state index in [1.54, 1.807) is 12.1 Å². The minimum atomic E-state index is -0.600. The van der Waals surface area contributed by atoms with Gasteiger partial charge in [-0.25, -0.2) is 4.39 Å². The van der Waals surface area contributed by atoms with Crippen molar-refractivity contribution in [3.8, 4) is 5.75 Å². The fourth-order valence-corrected chi connectivity index (χ4v) is 4.10. The molecule has 172 valence electrons. The summed E-state index contributed by atoms with van der Waals surface area (Å²) in [4.78, 5) is 27.4. The average molecular weight is 441 g/mol. The van der Waals surface area contributed by atoms with E-state index in [9.17, 15) is 14.0 Å². The number of fused-ring (bicyclic) bond motifs is 1. The molecule has 0 saturated carbocycles. The topological polar surface area (TPSA) is 58.6 Å². The van der Waals surface area contributed by atoms with Crippen LogP contribution in [-0.2, 0) is 16.0 Å². The number of ether oxygens (including phenoxy) is 1. The highest BCUT2D eigenvalue weighted by Crippen LogP contribution is 2.38. The van der Waals surface area contributed by atoms with E-state index in [4.69, 9.17) is 4.74 Å². The fraction of sp³-hybridized carbons (Fsp3) is 0.462. The van der Waals surface area contributed by atoms with E-state index >= 15 is 0 Å². The third kappa shape index (κ3) is 5.29. The molecular formula is C26H33FN2O3. The van der Waals surface area contributed by atoms with Crippen molar-refractivity contribution in [2.24, 2.45) is 5.92 Å². The Morgan fingerprint density at radius 3 is 2.41 bits per heavy atom. The van der Waals surface area contributed by atoms with E-state index in [0.717, 1.165) is 23.1 Å². The van der Waals surface area contributed by atoms with Gasteiger partial charge < -0.3 is 15.0 Å². The van der Waals surface area contributed by atoms with Crippen LogP contribution in [0, 0.1) is 11.7 Å². The summed E-state index contributed by atoms with van der Waals surface area (Å²) in [5.41, 5.74) is 2.93. The maximum atomic E-state index is 13.6. The lowest BCUT2D eigenvalue weighted by Crippen LogP contribution is -2.43. The predicted octanol–water partition coefficient (Wildman–Crippen LogP) is 4.64. The van der Waals surface area contributed by atoms with Gasteiger partial charge in [0.05, 0.1) is 6.04 Å². The second-order valence-corrected chi connectivity index (χ2v) is 8.93. The molecule has 0 saturated heterocycles. The first-order valence-electron chi connectivity index (χ1n) is 11.4. The maximum Gasteiger partial charge on any atom is 0.261 e. The number of carbonyl (C=O) groups is 2. The Balaban J connectivity index is 1.99. The summed E-state index contributed by atoms with van der Waals surface area (Å²) >= 11 is 0. The van der Waals surface area contributed by atoms with Crippen molar-refractivity contribution in [1.29, 1.82) is 0 Å². The van der Waals surface area contributed by atoms with Gasteiger partial charge in [0.15, 0.2) is 6.10 Å². The Morgan fingerprint density at radius 2 is 1.81 bits per heavy atom. The van der Waals surface area contributed by atoms with Crippen LogP contribution in [-0.4, -0.2) is 35.4 Å². The number of rotatable bonds is 7. The molecule has 6 heteroatoms. The molecule has 0 radical (unpaired) electrons. The molecule has 2 atom stereocenters. The quantitative estimate of drug-likeness (QED) is 0.683. The molecule has 32 heavy (non-hydrogen) atoms. The molecular weight excluding hydrogens is 407 g/mol. The van der Waals surface area contributed by atoms with Gasteiger partial charge in [0.1, 0.15) is 11.6 Å². The van der Waals surface area contributed by atoms with Crippen LogP contribution in [0.1, 0.15) is 63.8 Å². The van der Waals surface area contributed by atoms with Crippen molar-refractivity contribution in [2.75, 3.05) is 6.54 Å². The fourth-order valence-electron chi connectivity index (χ4n) is 4.10. The second kappa shape index (κ2) is 10.2. The summed E-state index contributed by atoms with van der Waals surface area (Å²) in [6.07, 6.45) is 0.669. The zero-order valence-electron chi connectivity index (χ0n) is 19.5. The Labute approximate surface area is 190 Å². The molecule has 2 aromatic carbocycles. The highest BCUT2D eigenvalue weighted by atomic mass is 19.1. The van der Waals surface area contributed by atoms with Gasteiger partial charge in [-0.15, -0.1) is 0 Å². The van der Waals surface area contributed by atoms with Gasteiger partial charge in [0.25, 0.3) is 5.91 Å². The number of hydrogen-bond donors (Lipinski definition) is 1. The number of nitrogens with one attached hydrogen (secondary N) is 1. The maximum absolute atomic E-state index is 13.6. The first-order valence-corrected chi connectivity index (χ1v) is 11.4. The highest BCUT2D eigenvalue weighted by Gasteiger charge is 2.33. The number of benzene rings is 2. The standard InChI is InChI=1S/C26H33FN2O3/c1-6-23(25(30)28-17(4)5)32-21-12-9-18-13-14-29(26(31)16(2)3)24(22(18)15-21)19-7-10-20(27)11-8-19/h7-12,15-17,23-24H,6,13-14H2,1-5H3,(H,28,30)/t23-,24-/m1/s1. The van der Waals surface area contributed by atoms with Crippen LogP contribution < -0.4 is 10.1 Å². The number of carbonyl (C=O) groups excluding carboxylic acids is 2. The van der Waals surface area contributed by atoms with E-state index in [0.29, 0.717) is 18.7 Å². The molecule has 0 spiro atoms. The zero-order valence-corrected chi connectivity index (χ0v) is 19.5. The van der Waals surface area contributed by atoms with Crippen LogP contribution in [0.3, 0.4) is 0 Å². The summed E-state index contributed by atoms with van der Waals surface area (Å²) in [6, 6.07) is 11.8. The van der Waals surface area contributed by atoms with E-state index in [1.165, 1.54) is 12.1 Å². The Morgan fingerprint density at radius 1 is 1.12 bits per heavy atom. The summed E-state index contributed by atoms with van der Waals surface area (Å²) in [5.74, 6) is 0.0279. The number of halogens is 1. The van der Waals surface area contributed by atoms with Crippen molar-refractivity contribution in [3.63, 3.8) is 0 Å². The lowest BCUT2D eigenvalue weighted by atomic mass is 9.87. The van der Waals surface area contributed by atoms with Gasteiger partial charge in [0.2, 0.25) is 5.91 Å². The molecule has 1 aliphatic heterocycles. The molecule has 0 aromatic heterocycles. The van der Waals surface area contributed by atoms with Gasteiger partial charge in [-0.05, 0) is 67.6 Å². The number of nitrogens with zero attached hydrogens (tertiary/aromatic N) is 1. The van der Waals surface area contributed by atoms with Gasteiger partial charge in [-0.2, -0.15) is 0 Å². The van der Waals surface area contributed by atoms with Gasteiger partial charge in [-0.1, -0.05) is 39.0 Å². The van der Waals surface area contributed by atoms with Crippen molar-refractivity contribution in [3.05, 3.63) is 65.0 Å². The van der Waals surface area contributed by atoms with Crippen LogP contribution in [0.25, 0.3) is 0 Å². The third-order valence-electron chi connectivity index (χ3n) is 5.68. The summed E-state index contributed by atoms with van der Waals surface area (Å²) in [7, 11) is 0. The highest BCUT2D eigenvalue weighted by molar-refractivity contribution is 5.81. The van der Waals surface area contributed by atoms with Crippen LogP contribution >= 0.6 is 0 Å². The summed E-state index contributed by atoms with van der Waals surface area (Å²) < 4.78 is 19.7. The number of hydrogen-bond acceptors (Lipinski definition) is 3. The molecule has 1 N–H and O–H groups in total. The van der Waals surface area contributed by atoms with E-state index in [1.807, 2.05) is 57.7 Å². The SMILES string of the molecule is CC[C@@H](Oc1ccc2c(c1)[C@@H](c1ccc(F)cc1)N(C(=O)C(C)C)CC2)C(=O)NC(C)C. The number of amides is 2. The van der Waals surface area contributed by atoms with Crippen LogP contribution in [0.15, 0.2) is 42.5 Å². The van der Waals surface area contributed by atoms with E-state index in [2.05, 4.69) is 5.32 Å².